The molecule has 0 spiro atoms. The van der Waals surface area contributed by atoms with Crippen LogP contribution in [0.3, 0.4) is 0 Å². The molecule has 30 heavy (non-hydrogen) atoms. The lowest BCUT2D eigenvalue weighted by atomic mass is 9.91. The Labute approximate surface area is 169 Å². The van der Waals surface area contributed by atoms with E-state index >= 15 is 0 Å². The molecule has 1 aromatic carbocycles. The minimum atomic E-state index is -2.99. The standard InChI is InChI=1S/C20H16F3N5O2/c1-20(7-14(8-21)30-19(25)28-20)12-3-2-4-13(6-12)27-18(29)16-15(17(22)23)5-11(9-24)10-26-16/h2-7,10,17H,8H2,1H3,(H2,25,28)(H,27,29)/t20-/m0/s1. The van der Waals surface area contributed by atoms with Crippen LogP contribution in [0.5, 0.6) is 0 Å². The number of carbonyl (C=O) groups excluding carboxylic acids is 1. The average Bonchev–Trinajstić information content (AvgIpc) is 2.72. The predicted octanol–water partition coefficient (Wildman–Crippen LogP) is 3.56. The highest BCUT2D eigenvalue weighted by atomic mass is 19.3. The van der Waals surface area contributed by atoms with Gasteiger partial charge in [-0.1, -0.05) is 12.1 Å². The number of ether oxygens (including phenoxy) is 1. The van der Waals surface area contributed by atoms with Crippen molar-refractivity contribution in [3.8, 4) is 6.07 Å². The summed E-state index contributed by atoms with van der Waals surface area (Å²) in [7, 11) is 0. The minimum absolute atomic E-state index is 0.00259. The van der Waals surface area contributed by atoms with Crippen LogP contribution in [0.1, 0.15) is 40.5 Å². The summed E-state index contributed by atoms with van der Waals surface area (Å²) in [5.74, 6) is -0.866. The maximum absolute atomic E-state index is 13.3. The van der Waals surface area contributed by atoms with E-state index in [4.69, 9.17) is 15.7 Å². The van der Waals surface area contributed by atoms with Crippen LogP contribution in [0, 0.1) is 11.3 Å². The van der Waals surface area contributed by atoms with E-state index in [0.717, 1.165) is 12.3 Å². The molecule has 0 saturated heterocycles. The van der Waals surface area contributed by atoms with E-state index in [1.165, 1.54) is 6.08 Å². The Morgan fingerprint density at radius 2 is 2.17 bits per heavy atom. The van der Waals surface area contributed by atoms with Gasteiger partial charge in [-0.05, 0) is 36.8 Å². The number of aromatic nitrogens is 1. The summed E-state index contributed by atoms with van der Waals surface area (Å²) in [6.45, 7) is 0.805. The fourth-order valence-electron chi connectivity index (χ4n) is 2.98. The molecule has 3 rings (SSSR count). The van der Waals surface area contributed by atoms with Crippen molar-refractivity contribution >= 4 is 17.6 Å². The molecule has 0 fully saturated rings. The number of amides is 1. The number of alkyl halides is 3. The third kappa shape index (κ3) is 4.25. The average molecular weight is 415 g/mol. The molecule has 0 unspecified atom stereocenters. The normalized spacial score (nSPS) is 18.1. The zero-order chi connectivity index (χ0) is 21.9. The fraction of sp³-hybridized carbons (Fsp3) is 0.200. The number of aliphatic imine (C=N–C) groups is 1. The van der Waals surface area contributed by atoms with Gasteiger partial charge in [0.2, 0.25) is 0 Å². The number of nitriles is 1. The lowest BCUT2D eigenvalue weighted by Gasteiger charge is -2.27. The predicted molar refractivity (Wildman–Crippen MR) is 102 cm³/mol. The van der Waals surface area contributed by atoms with Crippen molar-refractivity contribution in [1.82, 2.24) is 4.98 Å². The molecule has 7 nitrogen and oxygen atoms in total. The second-order valence-electron chi connectivity index (χ2n) is 6.55. The van der Waals surface area contributed by atoms with Gasteiger partial charge in [0, 0.05) is 11.9 Å². The Kier molecular flexibility index (Phi) is 5.73. The van der Waals surface area contributed by atoms with Gasteiger partial charge < -0.3 is 15.8 Å². The van der Waals surface area contributed by atoms with Crippen LogP contribution in [0.25, 0.3) is 0 Å². The third-order valence-corrected chi connectivity index (χ3v) is 4.35. The number of pyridine rings is 1. The number of nitrogens with one attached hydrogen (secondary N) is 1. The molecule has 1 aliphatic rings. The van der Waals surface area contributed by atoms with Crippen LogP contribution in [-0.2, 0) is 10.3 Å². The van der Waals surface area contributed by atoms with Crippen molar-refractivity contribution in [2.24, 2.45) is 10.7 Å². The van der Waals surface area contributed by atoms with Gasteiger partial charge in [-0.2, -0.15) is 5.26 Å². The summed E-state index contributed by atoms with van der Waals surface area (Å²) in [5.41, 5.74) is 4.19. The largest absolute Gasteiger partial charge is 0.428 e. The first-order valence-corrected chi connectivity index (χ1v) is 8.66. The van der Waals surface area contributed by atoms with Crippen molar-refractivity contribution in [2.75, 3.05) is 12.0 Å². The highest BCUT2D eigenvalue weighted by Gasteiger charge is 2.30. The van der Waals surface area contributed by atoms with Gasteiger partial charge in [-0.15, -0.1) is 0 Å². The Morgan fingerprint density at radius 3 is 2.83 bits per heavy atom. The number of allylic oxidation sites excluding steroid dienone is 1. The van der Waals surface area contributed by atoms with E-state index in [-0.39, 0.29) is 23.0 Å². The topological polar surface area (TPSA) is 113 Å². The van der Waals surface area contributed by atoms with Crippen molar-refractivity contribution in [3.63, 3.8) is 0 Å². The van der Waals surface area contributed by atoms with Crippen LogP contribution in [0.15, 0.2) is 53.4 Å². The smallest absolute Gasteiger partial charge is 0.288 e. The van der Waals surface area contributed by atoms with Gasteiger partial charge in [0.25, 0.3) is 18.4 Å². The van der Waals surface area contributed by atoms with Crippen molar-refractivity contribution in [1.29, 1.82) is 5.26 Å². The van der Waals surface area contributed by atoms with Gasteiger partial charge in [0.1, 0.15) is 29.7 Å². The molecule has 2 heterocycles. The monoisotopic (exact) mass is 415 g/mol. The number of nitrogens with two attached hydrogens (primary N) is 1. The Balaban J connectivity index is 1.91. The van der Waals surface area contributed by atoms with Crippen molar-refractivity contribution in [2.45, 2.75) is 18.9 Å². The number of hydrogen-bond acceptors (Lipinski definition) is 6. The molecule has 0 radical (unpaired) electrons. The molecular formula is C20H16F3N5O2. The number of halogens is 3. The van der Waals surface area contributed by atoms with Gasteiger partial charge in [-0.3, -0.25) is 4.79 Å². The third-order valence-electron chi connectivity index (χ3n) is 4.35. The van der Waals surface area contributed by atoms with E-state index in [1.807, 2.05) is 0 Å². The summed E-state index contributed by atoms with van der Waals surface area (Å²) in [6.07, 6.45) is -0.483. The second kappa shape index (κ2) is 8.24. The molecule has 0 aliphatic carbocycles. The summed E-state index contributed by atoms with van der Waals surface area (Å²) in [4.78, 5) is 20.4. The zero-order valence-corrected chi connectivity index (χ0v) is 15.7. The highest BCUT2D eigenvalue weighted by molar-refractivity contribution is 6.04. The number of amidine groups is 1. The maximum atomic E-state index is 13.3. The van der Waals surface area contributed by atoms with E-state index < -0.39 is 35.8 Å². The number of rotatable bonds is 5. The van der Waals surface area contributed by atoms with Crippen LogP contribution >= 0.6 is 0 Å². The number of nitrogens with zero attached hydrogens (tertiary/aromatic N) is 3. The van der Waals surface area contributed by atoms with Gasteiger partial charge in [-0.25, -0.2) is 23.1 Å². The number of hydrogen-bond donors (Lipinski definition) is 2. The second-order valence-corrected chi connectivity index (χ2v) is 6.55. The van der Waals surface area contributed by atoms with Gasteiger partial charge in [0.15, 0.2) is 0 Å². The quantitative estimate of drug-likeness (QED) is 0.775. The lowest BCUT2D eigenvalue weighted by Crippen LogP contribution is -2.30. The van der Waals surface area contributed by atoms with Crippen molar-refractivity contribution < 1.29 is 22.7 Å². The summed E-state index contributed by atoms with van der Waals surface area (Å²) >= 11 is 0. The first-order valence-electron chi connectivity index (χ1n) is 8.66. The Hall–Kier alpha value is -3.87. The van der Waals surface area contributed by atoms with Crippen LogP contribution < -0.4 is 11.1 Å². The summed E-state index contributed by atoms with van der Waals surface area (Å²) in [6, 6.07) is 8.82. The fourth-order valence-corrected chi connectivity index (χ4v) is 2.98. The molecule has 0 saturated carbocycles. The van der Waals surface area contributed by atoms with Gasteiger partial charge >= 0.3 is 0 Å². The summed E-state index contributed by atoms with van der Waals surface area (Å²) < 4.78 is 44.7. The molecule has 1 aromatic heterocycles. The Bertz CT molecular complexity index is 1090. The number of carbonyl (C=O) groups is 1. The SMILES string of the molecule is C[C@@]1(c2cccc(NC(=O)c3ncc(C#N)cc3C(F)F)c2)C=C(CF)OC(N)=N1. The molecule has 1 atom stereocenters. The minimum Gasteiger partial charge on any atom is -0.428 e. The highest BCUT2D eigenvalue weighted by Crippen LogP contribution is 2.33. The van der Waals surface area contributed by atoms with E-state index in [2.05, 4.69) is 15.3 Å². The van der Waals surface area contributed by atoms with E-state index in [1.54, 1.807) is 37.3 Å². The summed E-state index contributed by atoms with van der Waals surface area (Å²) in [5, 5.41) is 11.4. The van der Waals surface area contributed by atoms with Crippen LogP contribution in [0.4, 0.5) is 18.9 Å². The molecule has 154 valence electrons. The molecule has 0 bridgehead atoms. The zero-order valence-electron chi connectivity index (χ0n) is 15.7. The number of benzene rings is 1. The first kappa shape index (κ1) is 20.9. The molecule has 3 N–H and O–H groups in total. The van der Waals surface area contributed by atoms with E-state index in [0.29, 0.717) is 5.56 Å². The van der Waals surface area contributed by atoms with Crippen LogP contribution in [-0.4, -0.2) is 23.6 Å². The molecule has 10 heteroatoms. The van der Waals surface area contributed by atoms with Crippen molar-refractivity contribution in [3.05, 3.63) is 70.7 Å². The van der Waals surface area contributed by atoms with E-state index in [9.17, 15) is 18.0 Å². The maximum Gasteiger partial charge on any atom is 0.288 e. The molecule has 1 amide bonds. The first-order chi connectivity index (χ1) is 14.3. The molecule has 2 aromatic rings. The molecule has 1 aliphatic heterocycles. The van der Waals surface area contributed by atoms with Crippen LogP contribution in [0.2, 0.25) is 0 Å². The lowest BCUT2D eigenvalue weighted by molar-refractivity contribution is 0.100. The number of anilines is 1. The van der Waals surface area contributed by atoms with Gasteiger partial charge in [0.05, 0.1) is 11.1 Å². The molecular weight excluding hydrogens is 399 g/mol. The Morgan fingerprint density at radius 1 is 1.40 bits per heavy atom.